The molecule has 0 aliphatic carbocycles. The van der Waals surface area contributed by atoms with Gasteiger partial charge in [-0.15, -0.1) is 0 Å². The Labute approximate surface area is 117 Å². The van der Waals surface area contributed by atoms with Crippen molar-refractivity contribution in [2.75, 3.05) is 13.2 Å². The number of hydrogen-bond donors (Lipinski definition) is 1. The summed E-state index contributed by atoms with van der Waals surface area (Å²) in [5.41, 5.74) is 6.58. The molecule has 0 saturated heterocycles. The van der Waals surface area contributed by atoms with Gasteiger partial charge in [0.05, 0.1) is 6.61 Å². The fraction of sp³-hybridized carbons (Fsp3) is 0.529. The standard InChI is InChI=1S/C17H27NO/c1-2-3-4-5-6-7-15-19-17-12-10-16(11-13-17)9-8-14-18/h8-13H,2-7,14-15,18H2,1H3. The van der Waals surface area contributed by atoms with Crippen LogP contribution in [0.3, 0.4) is 0 Å². The summed E-state index contributed by atoms with van der Waals surface area (Å²) in [6.07, 6.45) is 11.8. The maximum absolute atomic E-state index is 5.72. The first-order chi connectivity index (χ1) is 9.36. The Morgan fingerprint density at radius 2 is 1.68 bits per heavy atom. The summed E-state index contributed by atoms with van der Waals surface area (Å²) in [7, 11) is 0. The largest absolute Gasteiger partial charge is 0.494 e. The lowest BCUT2D eigenvalue weighted by Crippen LogP contribution is -1.97. The first-order valence-corrected chi connectivity index (χ1v) is 7.46. The van der Waals surface area contributed by atoms with Crippen LogP contribution in [0.4, 0.5) is 0 Å². The molecule has 2 nitrogen and oxygen atoms in total. The van der Waals surface area contributed by atoms with Gasteiger partial charge in [-0.2, -0.15) is 0 Å². The van der Waals surface area contributed by atoms with Crippen molar-refractivity contribution in [1.82, 2.24) is 0 Å². The summed E-state index contributed by atoms with van der Waals surface area (Å²) in [6.45, 7) is 3.65. The highest BCUT2D eigenvalue weighted by Crippen LogP contribution is 2.14. The van der Waals surface area contributed by atoms with E-state index in [2.05, 4.69) is 19.1 Å². The number of rotatable bonds is 10. The van der Waals surface area contributed by atoms with E-state index < -0.39 is 0 Å². The third-order valence-corrected chi connectivity index (χ3v) is 3.09. The average molecular weight is 261 g/mol. The van der Waals surface area contributed by atoms with Crippen LogP contribution in [0.2, 0.25) is 0 Å². The van der Waals surface area contributed by atoms with E-state index in [0.717, 1.165) is 24.3 Å². The third-order valence-electron chi connectivity index (χ3n) is 3.09. The molecule has 0 bridgehead atoms. The summed E-state index contributed by atoms with van der Waals surface area (Å²) < 4.78 is 5.72. The molecule has 0 fully saturated rings. The first-order valence-electron chi connectivity index (χ1n) is 7.46. The van der Waals surface area contributed by atoms with E-state index in [1.165, 1.54) is 32.1 Å². The third kappa shape index (κ3) is 7.68. The van der Waals surface area contributed by atoms with Gasteiger partial charge < -0.3 is 10.5 Å². The molecule has 19 heavy (non-hydrogen) atoms. The van der Waals surface area contributed by atoms with Gasteiger partial charge in [0.25, 0.3) is 0 Å². The molecule has 0 spiro atoms. The average Bonchev–Trinajstić information content (AvgIpc) is 2.45. The molecular weight excluding hydrogens is 234 g/mol. The summed E-state index contributed by atoms with van der Waals surface area (Å²) in [5, 5.41) is 0. The second-order valence-electron chi connectivity index (χ2n) is 4.82. The van der Waals surface area contributed by atoms with Gasteiger partial charge in [0, 0.05) is 6.54 Å². The van der Waals surface area contributed by atoms with Gasteiger partial charge in [-0.3, -0.25) is 0 Å². The molecule has 1 aromatic rings. The van der Waals surface area contributed by atoms with Crippen LogP contribution in [0.1, 0.15) is 51.0 Å². The normalized spacial score (nSPS) is 11.1. The zero-order valence-corrected chi connectivity index (χ0v) is 12.1. The fourth-order valence-electron chi connectivity index (χ4n) is 1.95. The monoisotopic (exact) mass is 261 g/mol. The highest BCUT2D eigenvalue weighted by molar-refractivity contribution is 5.50. The molecule has 0 amide bonds. The van der Waals surface area contributed by atoms with E-state index in [1.54, 1.807) is 0 Å². The Morgan fingerprint density at radius 3 is 2.37 bits per heavy atom. The van der Waals surface area contributed by atoms with Gasteiger partial charge in [-0.25, -0.2) is 0 Å². The van der Waals surface area contributed by atoms with Crippen molar-refractivity contribution >= 4 is 6.08 Å². The minimum absolute atomic E-state index is 0.580. The Kier molecular flexibility index (Phi) is 8.82. The number of ether oxygens (including phenoxy) is 1. The molecule has 1 aromatic carbocycles. The summed E-state index contributed by atoms with van der Waals surface area (Å²) >= 11 is 0. The molecule has 1 rings (SSSR count). The van der Waals surface area contributed by atoms with E-state index in [-0.39, 0.29) is 0 Å². The second kappa shape index (κ2) is 10.6. The quantitative estimate of drug-likeness (QED) is 0.634. The maximum atomic E-state index is 5.72. The molecule has 2 N–H and O–H groups in total. The van der Waals surface area contributed by atoms with Gasteiger partial charge in [0.15, 0.2) is 0 Å². The molecule has 0 unspecified atom stereocenters. The molecule has 106 valence electrons. The molecule has 0 aliphatic heterocycles. The lowest BCUT2D eigenvalue weighted by Gasteiger charge is -2.06. The summed E-state index contributed by atoms with van der Waals surface area (Å²) in [4.78, 5) is 0. The molecule has 0 atom stereocenters. The number of hydrogen-bond acceptors (Lipinski definition) is 2. The minimum Gasteiger partial charge on any atom is -0.494 e. The lowest BCUT2D eigenvalue weighted by atomic mass is 10.1. The summed E-state index contributed by atoms with van der Waals surface area (Å²) in [5.74, 6) is 0.957. The molecule has 0 aliphatic rings. The molecular formula is C17H27NO. The van der Waals surface area contributed by atoms with Crippen molar-refractivity contribution in [3.8, 4) is 5.75 Å². The van der Waals surface area contributed by atoms with Crippen LogP contribution in [0, 0.1) is 0 Å². The molecule has 0 radical (unpaired) electrons. The predicted octanol–water partition coefficient (Wildman–Crippen LogP) is 4.40. The Balaban J connectivity index is 2.14. The molecule has 0 aromatic heterocycles. The van der Waals surface area contributed by atoms with Crippen LogP contribution in [-0.2, 0) is 0 Å². The highest BCUT2D eigenvalue weighted by Gasteiger charge is 1.94. The molecule has 0 saturated carbocycles. The predicted molar refractivity (Wildman–Crippen MR) is 83.4 cm³/mol. The van der Waals surface area contributed by atoms with Crippen LogP contribution in [0.5, 0.6) is 5.75 Å². The number of benzene rings is 1. The lowest BCUT2D eigenvalue weighted by molar-refractivity contribution is 0.304. The van der Waals surface area contributed by atoms with Crippen molar-refractivity contribution < 1.29 is 4.74 Å². The van der Waals surface area contributed by atoms with Gasteiger partial charge in [-0.05, 0) is 24.1 Å². The van der Waals surface area contributed by atoms with E-state index in [1.807, 2.05) is 24.3 Å². The van der Waals surface area contributed by atoms with Gasteiger partial charge in [-0.1, -0.05) is 63.3 Å². The summed E-state index contributed by atoms with van der Waals surface area (Å²) in [6, 6.07) is 8.16. The number of nitrogens with two attached hydrogens (primary N) is 1. The maximum Gasteiger partial charge on any atom is 0.119 e. The Hall–Kier alpha value is -1.28. The minimum atomic E-state index is 0.580. The van der Waals surface area contributed by atoms with Gasteiger partial charge in [0.1, 0.15) is 5.75 Å². The smallest absolute Gasteiger partial charge is 0.119 e. The van der Waals surface area contributed by atoms with Crippen molar-refractivity contribution in [3.05, 3.63) is 35.9 Å². The van der Waals surface area contributed by atoms with Crippen molar-refractivity contribution in [3.63, 3.8) is 0 Å². The van der Waals surface area contributed by atoms with Crippen LogP contribution in [-0.4, -0.2) is 13.2 Å². The molecule has 0 heterocycles. The Morgan fingerprint density at radius 1 is 1.00 bits per heavy atom. The SMILES string of the molecule is CCCCCCCCOc1ccc(C=CCN)cc1. The van der Waals surface area contributed by atoms with Crippen LogP contribution in [0.15, 0.2) is 30.3 Å². The van der Waals surface area contributed by atoms with Crippen LogP contribution >= 0.6 is 0 Å². The van der Waals surface area contributed by atoms with Crippen molar-refractivity contribution in [2.45, 2.75) is 45.4 Å². The van der Waals surface area contributed by atoms with Crippen LogP contribution in [0.25, 0.3) is 6.08 Å². The topological polar surface area (TPSA) is 35.2 Å². The van der Waals surface area contributed by atoms with E-state index in [4.69, 9.17) is 10.5 Å². The second-order valence-corrected chi connectivity index (χ2v) is 4.82. The molecule has 2 heteroatoms. The van der Waals surface area contributed by atoms with Crippen molar-refractivity contribution in [1.29, 1.82) is 0 Å². The first kappa shape index (κ1) is 15.8. The Bertz CT molecular complexity index is 343. The zero-order valence-electron chi connectivity index (χ0n) is 12.1. The van der Waals surface area contributed by atoms with E-state index >= 15 is 0 Å². The van der Waals surface area contributed by atoms with E-state index in [0.29, 0.717) is 6.54 Å². The fourth-order valence-corrected chi connectivity index (χ4v) is 1.95. The van der Waals surface area contributed by atoms with E-state index in [9.17, 15) is 0 Å². The van der Waals surface area contributed by atoms with Gasteiger partial charge in [0.2, 0.25) is 0 Å². The van der Waals surface area contributed by atoms with Gasteiger partial charge >= 0.3 is 0 Å². The van der Waals surface area contributed by atoms with Crippen LogP contribution < -0.4 is 10.5 Å². The number of unbranched alkanes of at least 4 members (excludes halogenated alkanes) is 5. The van der Waals surface area contributed by atoms with Crippen molar-refractivity contribution in [2.24, 2.45) is 5.73 Å². The highest BCUT2D eigenvalue weighted by atomic mass is 16.5. The zero-order chi connectivity index (χ0) is 13.8.